The Morgan fingerprint density at radius 3 is 2.79 bits per heavy atom. The van der Waals surface area contributed by atoms with Crippen LogP contribution in [0.25, 0.3) is 10.8 Å². The summed E-state index contributed by atoms with van der Waals surface area (Å²) in [4.78, 5) is 14.0. The standard InChI is InChI=1S/C15H14N2OS/c1-10-9-16-15(19)17(14(10)18)13-8-4-6-11-5-2-3-7-12(11)13/h2-8,10H,9H2,1H3,(H,16,19). The number of rotatable bonds is 1. The van der Waals surface area contributed by atoms with Crippen molar-refractivity contribution in [3.8, 4) is 0 Å². The highest BCUT2D eigenvalue weighted by atomic mass is 32.1. The predicted molar refractivity (Wildman–Crippen MR) is 81.2 cm³/mol. The number of nitrogens with one attached hydrogen (secondary N) is 1. The van der Waals surface area contributed by atoms with E-state index in [4.69, 9.17) is 12.2 Å². The molecule has 0 aliphatic carbocycles. The molecule has 1 aliphatic heterocycles. The summed E-state index contributed by atoms with van der Waals surface area (Å²) in [6, 6.07) is 13.9. The number of carbonyl (C=O) groups is 1. The second-order valence-corrected chi connectivity index (χ2v) is 5.15. The van der Waals surface area contributed by atoms with Crippen molar-refractivity contribution in [1.29, 1.82) is 0 Å². The number of thiocarbonyl (C=S) groups is 1. The summed E-state index contributed by atoms with van der Waals surface area (Å²) in [5.74, 6) is -0.00854. The van der Waals surface area contributed by atoms with Gasteiger partial charge in [0, 0.05) is 11.9 Å². The first-order chi connectivity index (χ1) is 9.18. The van der Waals surface area contributed by atoms with E-state index in [0.29, 0.717) is 11.7 Å². The van der Waals surface area contributed by atoms with E-state index < -0.39 is 0 Å². The van der Waals surface area contributed by atoms with Crippen LogP contribution in [0.4, 0.5) is 5.69 Å². The summed E-state index contributed by atoms with van der Waals surface area (Å²) in [6.07, 6.45) is 0. The third kappa shape index (κ3) is 1.98. The molecule has 0 aromatic heterocycles. The van der Waals surface area contributed by atoms with Crippen LogP contribution in [0.3, 0.4) is 0 Å². The molecule has 1 fully saturated rings. The second kappa shape index (κ2) is 4.63. The van der Waals surface area contributed by atoms with E-state index in [0.717, 1.165) is 16.5 Å². The zero-order valence-corrected chi connectivity index (χ0v) is 11.4. The number of anilines is 1. The van der Waals surface area contributed by atoms with E-state index in [1.54, 1.807) is 4.90 Å². The minimum Gasteiger partial charge on any atom is -0.361 e. The van der Waals surface area contributed by atoms with Gasteiger partial charge in [0.25, 0.3) is 0 Å². The van der Waals surface area contributed by atoms with Crippen molar-refractivity contribution in [1.82, 2.24) is 5.32 Å². The summed E-state index contributed by atoms with van der Waals surface area (Å²) < 4.78 is 0. The molecule has 2 aromatic rings. The molecule has 0 saturated carbocycles. The van der Waals surface area contributed by atoms with Gasteiger partial charge in [-0.3, -0.25) is 9.69 Å². The summed E-state index contributed by atoms with van der Waals surface area (Å²) in [5.41, 5.74) is 0.854. The Hall–Kier alpha value is -1.94. The monoisotopic (exact) mass is 270 g/mol. The molecule has 0 bridgehead atoms. The van der Waals surface area contributed by atoms with Crippen molar-refractivity contribution in [3.05, 3.63) is 42.5 Å². The molecule has 96 valence electrons. The van der Waals surface area contributed by atoms with Crippen LogP contribution in [0, 0.1) is 5.92 Å². The zero-order chi connectivity index (χ0) is 13.4. The molecule has 19 heavy (non-hydrogen) atoms. The van der Waals surface area contributed by atoms with Crippen LogP contribution in [0.5, 0.6) is 0 Å². The lowest BCUT2D eigenvalue weighted by atomic mass is 10.0. The van der Waals surface area contributed by atoms with Gasteiger partial charge < -0.3 is 5.32 Å². The van der Waals surface area contributed by atoms with Crippen LogP contribution in [-0.4, -0.2) is 17.6 Å². The first kappa shape index (κ1) is 12.1. The van der Waals surface area contributed by atoms with Gasteiger partial charge in [-0.25, -0.2) is 0 Å². The van der Waals surface area contributed by atoms with Crippen molar-refractivity contribution in [3.63, 3.8) is 0 Å². The Labute approximate surface area is 117 Å². The first-order valence-electron chi connectivity index (χ1n) is 6.28. The molecule has 1 amide bonds. The molecule has 3 nitrogen and oxygen atoms in total. The van der Waals surface area contributed by atoms with Crippen LogP contribution < -0.4 is 10.2 Å². The van der Waals surface area contributed by atoms with E-state index in [1.165, 1.54) is 0 Å². The number of hydrogen-bond acceptors (Lipinski definition) is 2. The van der Waals surface area contributed by atoms with E-state index in [1.807, 2.05) is 49.4 Å². The molecular formula is C15H14N2OS. The van der Waals surface area contributed by atoms with Crippen LogP contribution in [0.2, 0.25) is 0 Å². The van der Waals surface area contributed by atoms with Crippen molar-refractivity contribution in [2.24, 2.45) is 5.92 Å². The molecule has 0 radical (unpaired) electrons. The van der Waals surface area contributed by atoms with Gasteiger partial charge in [-0.05, 0) is 23.7 Å². The molecule has 1 saturated heterocycles. The molecule has 0 spiro atoms. The van der Waals surface area contributed by atoms with Crippen molar-refractivity contribution in [2.75, 3.05) is 11.4 Å². The smallest absolute Gasteiger partial charge is 0.237 e. The maximum Gasteiger partial charge on any atom is 0.237 e. The van der Waals surface area contributed by atoms with E-state index in [-0.39, 0.29) is 11.8 Å². The Bertz CT molecular complexity index is 663. The third-order valence-corrected chi connectivity index (χ3v) is 3.74. The number of carbonyl (C=O) groups excluding carboxylic acids is 1. The topological polar surface area (TPSA) is 32.3 Å². The lowest BCUT2D eigenvalue weighted by Gasteiger charge is -2.32. The maximum absolute atomic E-state index is 12.4. The van der Waals surface area contributed by atoms with Gasteiger partial charge in [0.1, 0.15) is 0 Å². The van der Waals surface area contributed by atoms with E-state index >= 15 is 0 Å². The zero-order valence-electron chi connectivity index (χ0n) is 10.6. The lowest BCUT2D eigenvalue weighted by molar-refractivity contribution is -0.121. The molecule has 3 rings (SSSR count). The average Bonchev–Trinajstić information content (AvgIpc) is 2.44. The fourth-order valence-corrected chi connectivity index (χ4v) is 2.63. The Morgan fingerprint density at radius 2 is 1.95 bits per heavy atom. The molecule has 1 heterocycles. The fraction of sp³-hybridized carbons (Fsp3) is 0.200. The highest BCUT2D eigenvalue weighted by Gasteiger charge is 2.30. The molecule has 2 aromatic carbocycles. The highest BCUT2D eigenvalue weighted by molar-refractivity contribution is 7.80. The summed E-state index contributed by atoms with van der Waals surface area (Å²) in [6.45, 7) is 2.52. The Kier molecular flexibility index (Phi) is 2.95. The van der Waals surface area contributed by atoms with E-state index in [9.17, 15) is 4.79 Å². The third-order valence-electron chi connectivity index (χ3n) is 3.41. The molecule has 1 unspecified atom stereocenters. The van der Waals surface area contributed by atoms with Crippen molar-refractivity contribution < 1.29 is 4.79 Å². The molecule has 4 heteroatoms. The average molecular weight is 270 g/mol. The quantitative estimate of drug-likeness (QED) is 0.809. The largest absolute Gasteiger partial charge is 0.361 e. The van der Waals surface area contributed by atoms with Gasteiger partial charge in [-0.15, -0.1) is 0 Å². The highest BCUT2D eigenvalue weighted by Crippen LogP contribution is 2.29. The number of hydrogen-bond donors (Lipinski definition) is 1. The van der Waals surface area contributed by atoms with Gasteiger partial charge in [-0.2, -0.15) is 0 Å². The van der Waals surface area contributed by atoms with Gasteiger partial charge >= 0.3 is 0 Å². The van der Waals surface area contributed by atoms with Gasteiger partial charge in [0.05, 0.1) is 11.6 Å². The number of nitrogens with zero attached hydrogens (tertiary/aromatic N) is 1. The minimum atomic E-state index is -0.0642. The maximum atomic E-state index is 12.4. The van der Waals surface area contributed by atoms with Gasteiger partial charge in [0.15, 0.2) is 5.11 Å². The molecule has 1 atom stereocenters. The van der Waals surface area contributed by atoms with Crippen LogP contribution >= 0.6 is 12.2 Å². The molecule has 1 aliphatic rings. The minimum absolute atomic E-state index is 0.0557. The lowest BCUT2D eigenvalue weighted by Crippen LogP contribution is -2.54. The van der Waals surface area contributed by atoms with Crippen LogP contribution in [-0.2, 0) is 4.79 Å². The van der Waals surface area contributed by atoms with Gasteiger partial charge in [-0.1, -0.05) is 43.3 Å². The van der Waals surface area contributed by atoms with Crippen molar-refractivity contribution >= 4 is 39.7 Å². The van der Waals surface area contributed by atoms with E-state index in [2.05, 4.69) is 5.32 Å². The first-order valence-corrected chi connectivity index (χ1v) is 6.69. The summed E-state index contributed by atoms with van der Waals surface area (Å²) >= 11 is 5.30. The normalized spacial score (nSPS) is 19.6. The second-order valence-electron chi connectivity index (χ2n) is 4.76. The van der Waals surface area contributed by atoms with Gasteiger partial charge in [0.2, 0.25) is 5.91 Å². The summed E-state index contributed by atoms with van der Waals surface area (Å²) in [5, 5.41) is 5.74. The SMILES string of the molecule is CC1CNC(=S)N(c2cccc3ccccc23)C1=O. The Morgan fingerprint density at radius 1 is 1.21 bits per heavy atom. The van der Waals surface area contributed by atoms with Crippen LogP contribution in [0.15, 0.2) is 42.5 Å². The number of benzene rings is 2. The predicted octanol–water partition coefficient (Wildman–Crippen LogP) is 2.70. The summed E-state index contributed by atoms with van der Waals surface area (Å²) in [7, 11) is 0. The fourth-order valence-electron chi connectivity index (χ4n) is 2.36. The Balaban J connectivity index is 2.18. The molecular weight excluding hydrogens is 256 g/mol. The van der Waals surface area contributed by atoms with Crippen molar-refractivity contribution in [2.45, 2.75) is 6.92 Å². The molecule has 1 N–H and O–H groups in total. The number of fused-ring (bicyclic) bond motifs is 1. The van der Waals surface area contributed by atoms with Crippen LogP contribution in [0.1, 0.15) is 6.92 Å². The number of amides is 1.